The number of benzene rings is 3. The maximum absolute atomic E-state index is 12.0. The van der Waals surface area contributed by atoms with Crippen LogP contribution in [0.4, 0.5) is 5.69 Å². The van der Waals surface area contributed by atoms with Gasteiger partial charge in [-0.25, -0.2) is 5.43 Å². The van der Waals surface area contributed by atoms with Crippen LogP contribution in [0.15, 0.2) is 71.8 Å². The number of nitrogens with one attached hydrogen (secondary N) is 2. The Balaban J connectivity index is 1.43. The van der Waals surface area contributed by atoms with Crippen molar-refractivity contribution in [2.45, 2.75) is 33.8 Å². The molecule has 0 saturated carbocycles. The Morgan fingerprint density at radius 3 is 2.41 bits per heavy atom. The standard InChI is InChI=1S/C26H27N3O3/c1-18-5-4-6-22(13-18)17-32-24-11-8-21(9-12-24)16-27-29-26(31)15-25(30)28-23-10-7-19(2)20(3)14-23/h4-14,16H,15,17H2,1-3H3,(H,28,30)(H,29,31). The molecule has 0 saturated heterocycles. The zero-order valence-corrected chi connectivity index (χ0v) is 18.5. The van der Waals surface area contributed by atoms with E-state index in [1.54, 1.807) is 0 Å². The maximum atomic E-state index is 12.0. The van der Waals surface area contributed by atoms with E-state index in [4.69, 9.17) is 4.74 Å². The van der Waals surface area contributed by atoms with E-state index >= 15 is 0 Å². The number of nitrogens with zero attached hydrogens (tertiary/aromatic N) is 1. The van der Waals surface area contributed by atoms with Crippen LogP contribution in [0.3, 0.4) is 0 Å². The molecule has 0 spiro atoms. The summed E-state index contributed by atoms with van der Waals surface area (Å²) in [7, 11) is 0. The van der Waals surface area contributed by atoms with Gasteiger partial charge in [0.25, 0.3) is 0 Å². The second-order valence-electron chi connectivity index (χ2n) is 7.66. The smallest absolute Gasteiger partial charge is 0.249 e. The third kappa shape index (κ3) is 7.09. The van der Waals surface area contributed by atoms with Gasteiger partial charge in [0.05, 0.1) is 6.21 Å². The highest BCUT2D eigenvalue weighted by atomic mass is 16.5. The van der Waals surface area contributed by atoms with Crippen LogP contribution in [0.1, 0.15) is 34.2 Å². The molecule has 3 aromatic rings. The van der Waals surface area contributed by atoms with Gasteiger partial charge >= 0.3 is 0 Å². The highest BCUT2D eigenvalue weighted by Gasteiger charge is 2.09. The van der Waals surface area contributed by atoms with Gasteiger partial charge in [-0.15, -0.1) is 0 Å². The highest BCUT2D eigenvalue weighted by molar-refractivity contribution is 6.03. The summed E-state index contributed by atoms with van der Waals surface area (Å²) in [5, 5.41) is 6.63. The summed E-state index contributed by atoms with van der Waals surface area (Å²) in [6, 6.07) is 21.1. The lowest BCUT2D eigenvalue weighted by atomic mass is 10.1. The minimum Gasteiger partial charge on any atom is -0.489 e. The van der Waals surface area contributed by atoms with Crippen molar-refractivity contribution in [3.63, 3.8) is 0 Å². The summed E-state index contributed by atoms with van der Waals surface area (Å²) < 4.78 is 5.79. The normalized spacial score (nSPS) is 10.7. The molecule has 2 N–H and O–H groups in total. The van der Waals surface area contributed by atoms with Gasteiger partial charge in [-0.05, 0) is 79.4 Å². The van der Waals surface area contributed by atoms with Gasteiger partial charge in [0, 0.05) is 5.69 Å². The zero-order valence-electron chi connectivity index (χ0n) is 18.5. The van der Waals surface area contributed by atoms with Gasteiger partial charge in [0.15, 0.2) is 0 Å². The zero-order chi connectivity index (χ0) is 22.9. The van der Waals surface area contributed by atoms with Crippen molar-refractivity contribution in [2.75, 3.05) is 5.32 Å². The molecule has 3 rings (SSSR count). The minimum absolute atomic E-state index is 0.310. The lowest BCUT2D eigenvalue weighted by molar-refractivity contribution is -0.126. The van der Waals surface area contributed by atoms with Crippen LogP contribution >= 0.6 is 0 Å². The molecule has 0 heterocycles. The van der Waals surface area contributed by atoms with Crippen LogP contribution in [0.2, 0.25) is 0 Å². The monoisotopic (exact) mass is 429 g/mol. The minimum atomic E-state index is -0.485. The summed E-state index contributed by atoms with van der Waals surface area (Å²) in [5.74, 6) is -0.132. The molecule has 164 valence electrons. The van der Waals surface area contributed by atoms with Gasteiger partial charge in [-0.2, -0.15) is 5.10 Å². The van der Waals surface area contributed by atoms with E-state index in [1.165, 1.54) is 11.8 Å². The van der Waals surface area contributed by atoms with E-state index in [9.17, 15) is 9.59 Å². The largest absolute Gasteiger partial charge is 0.489 e. The first-order valence-electron chi connectivity index (χ1n) is 10.4. The summed E-state index contributed by atoms with van der Waals surface area (Å²) in [6.45, 7) is 6.51. The predicted octanol–water partition coefficient (Wildman–Crippen LogP) is 4.67. The van der Waals surface area contributed by atoms with Crippen molar-refractivity contribution < 1.29 is 14.3 Å². The summed E-state index contributed by atoms with van der Waals surface area (Å²) in [6.07, 6.45) is 1.21. The second-order valence-corrected chi connectivity index (χ2v) is 7.66. The maximum Gasteiger partial charge on any atom is 0.249 e. The number of hydrazone groups is 1. The van der Waals surface area contributed by atoms with Crippen molar-refractivity contribution in [1.82, 2.24) is 5.43 Å². The first-order chi connectivity index (χ1) is 15.4. The topological polar surface area (TPSA) is 79.8 Å². The molecule has 6 heteroatoms. The first-order valence-corrected chi connectivity index (χ1v) is 10.4. The Morgan fingerprint density at radius 2 is 1.69 bits per heavy atom. The van der Waals surface area contributed by atoms with Crippen molar-refractivity contribution in [2.24, 2.45) is 5.10 Å². The van der Waals surface area contributed by atoms with E-state index in [2.05, 4.69) is 21.9 Å². The number of carbonyl (C=O) groups is 2. The van der Waals surface area contributed by atoms with Crippen LogP contribution in [0.5, 0.6) is 5.75 Å². The van der Waals surface area contributed by atoms with Crippen LogP contribution in [-0.4, -0.2) is 18.0 Å². The lowest BCUT2D eigenvalue weighted by Gasteiger charge is -2.07. The van der Waals surface area contributed by atoms with E-state index in [0.29, 0.717) is 12.3 Å². The predicted molar refractivity (Wildman–Crippen MR) is 127 cm³/mol. The van der Waals surface area contributed by atoms with Gasteiger partial charge in [-0.1, -0.05) is 35.9 Å². The molecular formula is C26H27N3O3. The SMILES string of the molecule is Cc1cccc(COc2ccc(C=NNC(=O)CC(=O)Nc3ccc(C)c(C)c3)cc2)c1. The number of rotatable bonds is 8. The van der Waals surface area contributed by atoms with Gasteiger partial charge < -0.3 is 10.1 Å². The summed E-state index contributed by atoms with van der Waals surface area (Å²) in [4.78, 5) is 24.0. The molecule has 0 bridgehead atoms. The Hall–Kier alpha value is -3.93. The number of aryl methyl sites for hydroxylation is 3. The Morgan fingerprint density at radius 1 is 0.906 bits per heavy atom. The van der Waals surface area contributed by atoms with Crippen molar-refractivity contribution >= 4 is 23.7 Å². The fourth-order valence-electron chi connectivity index (χ4n) is 3.01. The Bertz CT molecular complexity index is 1120. The van der Waals surface area contributed by atoms with E-state index in [-0.39, 0.29) is 6.42 Å². The Kier molecular flexibility index (Phi) is 7.75. The molecule has 3 aromatic carbocycles. The van der Waals surface area contributed by atoms with E-state index < -0.39 is 11.8 Å². The average molecular weight is 430 g/mol. The molecule has 0 atom stereocenters. The molecule has 2 amide bonds. The number of hydrogen-bond acceptors (Lipinski definition) is 4. The number of anilines is 1. The summed E-state index contributed by atoms with van der Waals surface area (Å²) >= 11 is 0. The molecule has 0 aliphatic heterocycles. The number of ether oxygens (including phenoxy) is 1. The summed E-state index contributed by atoms with van der Waals surface area (Å²) in [5.41, 5.74) is 8.36. The van der Waals surface area contributed by atoms with Crippen LogP contribution < -0.4 is 15.5 Å². The van der Waals surface area contributed by atoms with Crippen molar-refractivity contribution in [3.8, 4) is 5.75 Å². The van der Waals surface area contributed by atoms with Gasteiger partial charge in [0.1, 0.15) is 18.8 Å². The Labute approximate surface area is 188 Å². The fourth-order valence-corrected chi connectivity index (χ4v) is 3.01. The van der Waals surface area contributed by atoms with E-state index in [1.807, 2.05) is 81.4 Å². The first kappa shape index (κ1) is 22.7. The van der Waals surface area contributed by atoms with Gasteiger partial charge in [-0.3, -0.25) is 9.59 Å². The average Bonchev–Trinajstić information content (AvgIpc) is 2.76. The molecule has 0 unspecified atom stereocenters. The lowest BCUT2D eigenvalue weighted by Crippen LogP contribution is -2.24. The van der Waals surface area contributed by atoms with E-state index in [0.717, 1.165) is 28.0 Å². The molecular weight excluding hydrogens is 402 g/mol. The molecule has 0 fully saturated rings. The number of hydrogen-bond donors (Lipinski definition) is 2. The molecule has 0 aliphatic rings. The number of carbonyl (C=O) groups excluding carboxylic acids is 2. The number of amides is 2. The van der Waals surface area contributed by atoms with Crippen LogP contribution in [-0.2, 0) is 16.2 Å². The third-order valence-corrected chi connectivity index (χ3v) is 4.88. The molecule has 6 nitrogen and oxygen atoms in total. The molecule has 32 heavy (non-hydrogen) atoms. The van der Waals surface area contributed by atoms with Gasteiger partial charge in [0.2, 0.25) is 11.8 Å². The van der Waals surface area contributed by atoms with Crippen molar-refractivity contribution in [1.29, 1.82) is 0 Å². The highest BCUT2D eigenvalue weighted by Crippen LogP contribution is 2.15. The molecule has 0 aliphatic carbocycles. The van der Waals surface area contributed by atoms with Crippen LogP contribution in [0.25, 0.3) is 0 Å². The van der Waals surface area contributed by atoms with Crippen LogP contribution in [0, 0.1) is 20.8 Å². The van der Waals surface area contributed by atoms with Crippen molar-refractivity contribution in [3.05, 3.63) is 94.5 Å². The second kappa shape index (κ2) is 10.9. The molecule has 0 radical (unpaired) electrons. The fraction of sp³-hybridized carbons (Fsp3) is 0.192. The molecule has 0 aromatic heterocycles. The third-order valence-electron chi connectivity index (χ3n) is 4.88. The quantitative estimate of drug-likeness (QED) is 0.310.